The molecule has 2 heterocycles. The zero-order valence-corrected chi connectivity index (χ0v) is 14.1. The number of nitrogens with zero attached hydrogens (tertiary/aromatic N) is 2. The number of likely N-dealkylation sites (tertiary alicyclic amines) is 1. The van der Waals surface area contributed by atoms with E-state index in [1.165, 1.54) is 12.1 Å². The van der Waals surface area contributed by atoms with Crippen LogP contribution in [0.2, 0.25) is 0 Å². The topological polar surface area (TPSA) is 52.7 Å². The SMILES string of the molecule is CC(=O)N1CCC(C(=O)Nc2cc(F)cc(N3CCCC3)c2)CC1. The lowest BCUT2D eigenvalue weighted by Gasteiger charge is -2.30. The molecule has 130 valence electrons. The second kappa shape index (κ2) is 7.20. The van der Waals surface area contributed by atoms with Crippen molar-refractivity contribution in [1.29, 1.82) is 0 Å². The van der Waals surface area contributed by atoms with Crippen LogP contribution < -0.4 is 10.2 Å². The highest BCUT2D eigenvalue weighted by Crippen LogP contribution is 2.26. The number of benzene rings is 1. The summed E-state index contributed by atoms with van der Waals surface area (Å²) in [5.41, 5.74) is 1.34. The van der Waals surface area contributed by atoms with Crippen LogP contribution in [0.3, 0.4) is 0 Å². The normalized spacial score (nSPS) is 18.8. The average Bonchev–Trinajstić information content (AvgIpc) is 3.09. The van der Waals surface area contributed by atoms with Gasteiger partial charge in [-0.2, -0.15) is 0 Å². The number of nitrogens with one attached hydrogen (secondary N) is 1. The zero-order chi connectivity index (χ0) is 17.1. The third-order valence-electron chi connectivity index (χ3n) is 4.93. The van der Waals surface area contributed by atoms with Gasteiger partial charge in [-0.1, -0.05) is 0 Å². The van der Waals surface area contributed by atoms with Crippen LogP contribution in [0.25, 0.3) is 0 Å². The molecule has 5 nitrogen and oxygen atoms in total. The van der Waals surface area contributed by atoms with Gasteiger partial charge < -0.3 is 15.1 Å². The summed E-state index contributed by atoms with van der Waals surface area (Å²) in [5.74, 6) is -0.495. The average molecular weight is 333 g/mol. The van der Waals surface area contributed by atoms with E-state index in [0.717, 1.165) is 31.6 Å². The van der Waals surface area contributed by atoms with E-state index >= 15 is 0 Å². The Morgan fingerprint density at radius 3 is 2.38 bits per heavy atom. The van der Waals surface area contributed by atoms with Crippen LogP contribution in [0.5, 0.6) is 0 Å². The Kier molecular flexibility index (Phi) is 5.02. The molecule has 1 aromatic carbocycles. The Labute approximate surface area is 141 Å². The van der Waals surface area contributed by atoms with Gasteiger partial charge in [-0.25, -0.2) is 4.39 Å². The Bertz CT molecular complexity index is 621. The molecule has 1 N–H and O–H groups in total. The maximum absolute atomic E-state index is 13.9. The smallest absolute Gasteiger partial charge is 0.227 e. The molecule has 2 amide bonds. The van der Waals surface area contributed by atoms with E-state index in [1.807, 2.05) is 6.07 Å². The van der Waals surface area contributed by atoms with E-state index in [-0.39, 0.29) is 23.5 Å². The van der Waals surface area contributed by atoms with Crippen LogP contribution in [0.15, 0.2) is 18.2 Å². The summed E-state index contributed by atoms with van der Waals surface area (Å²) >= 11 is 0. The predicted molar refractivity (Wildman–Crippen MR) is 91.5 cm³/mol. The highest BCUT2D eigenvalue weighted by Gasteiger charge is 2.26. The molecule has 2 fully saturated rings. The lowest BCUT2D eigenvalue weighted by Crippen LogP contribution is -2.40. The van der Waals surface area contributed by atoms with E-state index in [0.29, 0.717) is 31.6 Å². The van der Waals surface area contributed by atoms with Crippen molar-refractivity contribution in [1.82, 2.24) is 4.90 Å². The van der Waals surface area contributed by atoms with Crippen molar-refractivity contribution >= 4 is 23.2 Å². The number of anilines is 2. The Balaban J connectivity index is 1.63. The molecule has 2 aliphatic rings. The molecule has 0 saturated carbocycles. The summed E-state index contributed by atoms with van der Waals surface area (Å²) in [7, 11) is 0. The van der Waals surface area contributed by atoms with E-state index in [9.17, 15) is 14.0 Å². The van der Waals surface area contributed by atoms with E-state index in [2.05, 4.69) is 10.2 Å². The lowest BCUT2D eigenvalue weighted by atomic mass is 9.96. The molecule has 0 spiro atoms. The maximum Gasteiger partial charge on any atom is 0.227 e. The van der Waals surface area contributed by atoms with Gasteiger partial charge in [0.05, 0.1) is 0 Å². The van der Waals surface area contributed by atoms with Crippen LogP contribution in [0.1, 0.15) is 32.6 Å². The van der Waals surface area contributed by atoms with E-state index in [4.69, 9.17) is 0 Å². The van der Waals surface area contributed by atoms with Gasteiger partial charge in [0.25, 0.3) is 0 Å². The molecule has 1 aromatic rings. The van der Waals surface area contributed by atoms with Crippen molar-refractivity contribution < 1.29 is 14.0 Å². The first-order chi connectivity index (χ1) is 11.5. The first-order valence-electron chi connectivity index (χ1n) is 8.65. The minimum Gasteiger partial charge on any atom is -0.371 e. The second-order valence-corrected chi connectivity index (χ2v) is 6.66. The Hall–Kier alpha value is -2.11. The molecule has 0 bridgehead atoms. The molecule has 0 unspecified atom stereocenters. The summed E-state index contributed by atoms with van der Waals surface area (Å²) < 4.78 is 13.9. The molecule has 6 heteroatoms. The summed E-state index contributed by atoms with van der Waals surface area (Å²) in [6.45, 7) is 4.62. The largest absolute Gasteiger partial charge is 0.371 e. The van der Waals surface area contributed by atoms with Crippen molar-refractivity contribution in [3.05, 3.63) is 24.0 Å². The van der Waals surface area contributed by atoms with Gasteiger partial charge in [0, 0.05) is 50.4 Å². The number of carbonyl (C=O) groups is 2. The second-order valence-electron chi connectivity index (χ2n) is 6.66. The molecular weight excluding hydrogens is 309 g/mol. The fourth-order valence-electron chi connectivity index (χ4n) is 3.51. The quantitative estimate of drug-likeness (QED) is 0.925. The Morgan fingerprint density at radius 2 is 1.75 bits per heavy atom. The predicted octanol–water partition coefficient (Wildman–Crippen LogP) is 2.62. The summed E-state index contributed by atoms with van der Waals surface area (Å²) in [6.07, 6.45) is 3.54. The monoisotopic (exact) mass is 333 g/mol. The van der Waals surface area contributed by atoms with Crippen LogP contribution in [0.4, 0.5) is 15.8 Å². The van der Waals surface area contributed by atoms with Crippen molar-refractivity contribution in [2.24, 2.45) is 5.92 Å². The van der Waals surface area contributed by atoms with Crippen molar-refractivity contribution in [2.75, 3.05) is 36.4 Å². The Morgan fingerprint density at radius 1 is 1.08 bits per heavy atom. The van der Waals surface area contributed by atoms with Gasteiger partial charge in [-0.15, -0.1) is 0 Å². The fraction of sp³-hybridized carbons (Fsp3) is 0.556. The number of piperidine rings is 1. The minimum atomic E-state index is -0.332. The fourth-order valence-corrected chi connectivity index (χ4v) is 3.51. The van der Waals surface area contributed by atoms with Crippen LogP contribution >= 0.6 is 0 Å². The standard InChI is InChI=1S/C18H24FN3O2/c1-13(23)21-8-4-14(5-9-21)18(24)20-16-10-15(19)11-17(12-16)22-6-2-3-7-22/h10-12,14H,2-9H2,1H3,(H,20,24). The number of carbonyl (C=O) groups excluding carboxylic acids is 2. The highest BCUT2D eigenvalue weighted by molar-refractivity contribution is 5.93. The summed E-state index contributed by atoms with van der Waals surface area (Å²) in [5, 5.41) is 2.85. The van der Waals surface area contributed by atoms with Gasteiger partial charge >= 0.3 is 0 Å². The molecule has 3 rings (SSSR count). The molecule has 2 aliphatic heterocycles. The van der Waals surface area contributed by atoms with E-state index < -0.39 is 0 Å². The van der Waals surface area contributed by atoms with Crippen molar-refractivity contribution in [3.63, 3.8) is 0 Å². The first-order valence-corrected chi connectivity index (χ1v) is 8.65. The number of rotatable bonds is 3. The molecule has 0 aromatic heterocycles. The molecule has 0 radical (unpaired) electrons. The van der Waals surface area contributed by atoms with E-state index in [1.54, 1.807) is 11.8 Å². The number of hydrogen-bond donors (Lipinski definition) is 1. The summed E-state index contributed by atoms with van der Waals surface area (Å²) in [4.78, 5) is 27.7. The lowest BCUT2D eigenvalue weighted by molar-refractivity contribution is -0.132. The molecular formula is C18H24FN3O2. The third kappa shape index (κ3) is 3.86. The zero-order valence-electron chi connectivity index (χ0n) is 14.1. The molecule has 0 atom stereocenters. The van der Waals surface area contributed by atoms with Crippen LogP contribution in [-0.4, -0.2) is 42.9 Å². The van der Waals surface area contributed by atoms with Crippen molar-refractivity contribution in [3.8, 4) is 0 Å². The van der Waals surface area contributed by atoms with Crippen LogP contribution in [0, 0.1) is 11.7 Å². The summed E-state index contributed by atoms with van der Waals surface area (Å²) in [6, 6.07) is 4.73. The van der Waals surface area contributed by atoms with Gasteiger partial charge in [-0.3, -0.25) is 9.59 Å². The third-order valence-corrected chi connectivity index (χ3v) is 4.93. The molecule has 0 aliphatic carbocycles. The number of halogens is 1. The van der Waals surface area contributed by atoms with Crippen LogP contribution in [-0.2, 0) is 9.59 Å². The van der Waals surface area contributed by atoms with Crippen molar-refractivity contribution in [2.45, 2.75) is 32.6 Å². The molecule has 24 heavy (non-hydrogen) atoms. The highest BCUT2D eigenvalue weighted by atomic mass is 19.1. The van der Waals surface area contributed by atoms with Gasteiger partial charge in [-0.05, 0) is 43.9 Å². The number of hydrogen-bond acceptors (Lipinski definition) is 3. The maximum atomic E-state index is 13.9. The first kappa shape index (κ1) is 16.7. The minimum absolute atomic E-state index is 0.0502. The van der Waals surface area contributed by atoms with Gasteiger partial charge in [0.2, 0.25) is 11.8 Å². The molecule has 2 saturated heterocycles. The number of amides is 2. The van der Waals surface area contributed by atoms with Gasteiger partial charge in [0.1, 0.15) is 5.82 Å². The van der Waals surface area contributed by atoms with Gasteiger partial charge in [0.15, 0.2) is 0 Å².